The standard InChI is InChI=1S/C28H38N4O3/c29-18-21-17-22(30-26(34)20-5-2-1-3-6-20)7-12-25(21)31-15-4-13-28(19-31)14-16-32(27(28)35)23-8-10-24(33)11-9-23/h7,12,17,20,23-24,33H,1-6,8-11,13-16,19H2,(H,30,34)/t23?,24?,28-/m0/s1. The van der Waals surface area contributed by atoms with Crippen molar-refractivity contribution in [2.24, 2.45) is 11.3 Å². The van der Waals surface area contributed by atoms with Crippen LogP contribution in [0.25, 0.3) is 0 Å². The number of nitrogens with zero attached hydrogens (tertiary/aromatic N) is 3. The zero-order valence-electron chi connectivity index (χ0n) is 20.7. The molecule has 2 aliphatic heterocycles. The van der Waals surface area contributed by atoms with Crippen molar-refractivity contribution in [2.75, 3.05) is 29.9 Å². The first-order valence-corrected chi connectivity index (χ1v) is 13.6. The van der Waals surface area contributed by atoms with Crippen LogP contribution >= 0.6 is 0 Å². The van der Waals surface area contributed by atoms with E-state index in [4.69, 9.17) is 0 Å². The van der Waals surface area contributed by atoms with E-state index in [1.54, 1.807) is 6.07 Å². The lowest BCUT2D eigenvalue weighted by atomic mass is 9.78. The molecule has 1 spiro atoms. The van der Waals surface area contributed by atoms with Crippen molar-refractivity contribution in [3.8, 4) is 6.07 Å². The highest BCUT2D eigenvalue weighted by atomic mass is 16.3. The van der Waals surface area contributed by atoms with Crippen molar-refractivity contribution in [1.29, 1.82) is 5.26 Å². The molecule has 5 rings (SSSR count). The first-order valence-electron chi connectivity index (χ1n) is 13.6. The fourth-order valence-corrected chi connectivity index (χ4v) is 6.87. The van der Waals surface area contributed by atoms with Crippen molar-refractivity contribution in [2.45, 2.75) is 89.2 Å². The quantitative estimate of drug-likeness (QED) is 0.676. The summed E-state index contributed by atoms with van der Waals surface area (Å²) in [5, 5.41) is 22.8. The van der Waals surface area contributed by atoms with Gasteiger partial charge in [-0.3, -0.25) is 9.59 Å². The third kappa shape index (κ3) is 4.91. The van der Waals surface area contributed by atoms with Gasteiger partial charge in [-0.2, -0.15) is 5.26 Å². The van der Waals surface area contributed by atoms with Gasteiger partial charge in [-0.05, 0) is 76.0 Å². The van der Waals surface area contributed by atoms with Crippen LogP contribution in [0.4, 0.5) is 11.4 Å². The second-order valence-electron chi connectivity index (χ2n) is 11.2. The number of aliphatic hydroxyl groups excluding tert-OH is 1. The Morgan fingerprint density at radius 2 is 1.80 bits per heavy atom. The van der Waals surface area contributed by atoms with Gasteiger partial charge < -0.3 is 20.2 Å². The summed E-state index contributed by atoms with van der Waals surface area (Å²) in [7, 11) is 0. The van der Waals surface area contributed by atoms with Crippen LogP contribution in [-0.4, -0.2) is 53.6 Å². The number of carbonyl (C=O) groups is 2. The van der Waals surface area contributed by atoms with Crippen LogP contribution < -0.4 is 10.2 Å². The van der Waals surface area contributed by atoms with E-state index >= 15 is 0 Å². The minimum Gasteiger partial charge on any atom is -0.393 e. The number of piperidine rings is 1. The van der Waals surface area contributed by atoms with Crippen LogP contribution in [0.1, 0.15) is 82.6 Å². The Labute approximate surface area is 208 Å². The maximum Gasteiger partial charge on any atom is 0.230 e. The predicted octanol–water partition coefficient (Wildman–Crippen LogP) is 4.20. The number of amides is 2. The Morgan fingerprint density at radius 3 is 2.54 bits per heavy atom. The first kappa shape index (κ1) is 24.1. The summed E-state index contributed by atoms with van der Waals surface area (Å²) < 4.78 is 0. The van der Waals surface area contributed by atoms with Gasteiger partial charge in [0.25, 0.3) is 0 Å². The number of benzene rings is 1. The summed E-state index contributed by atoms with van der Waals surface area (Å²) in [6, 6.07) is 8.20. The first-order chi connectivity index (χ1) is 17.0. The van der Waals surface area contributed by atoms with E-state index in [0.717, 1.165) is 89.4 Å². The fraction of sp³-hybridized carbons (Fsp3) is 0.679. The smallest absolute Gasteiger partial charge is 0.230 e. The molecule has 0 bridgehead atoms. The summed E-state index contributed by atoms with van der Waals surface area (Å²) in [6.07, 6.45) is 11.1. The van der Waals surface area contributed by atoms with E-state index in [9.17, 15) is 20.0 Å². The van der Waals surface area contributed by atoms with E-state index in [0.29, 0.717) is 17.8 Å². The van der Waals surface area contributed by atoms with Crippen molar-refractivity contribution in [3.63, 3.8) is 0 Å². The zero-order valence-corrected chi connectivity index (χ0v) is 20.7. The second kappa shape index (κ2) is 10.2. The Bertz CT molecular complexity index is 990. The largest absolute Gasteiger partial charge is 0.393 e. The van der Waals surface area contributed by atoms with Crippen molar-refractivity contribution < 1.29 is 14.7 Å². The Balaban J connectivity index is 1.28. The second-order valence-corrected chi connectivity index (χ2v) is 11.2. The SMILES string of the molecule is N#Cc1cc(NC(=O)C2CCCCC2)ccc1N1CCC[C@]2(CCN(C3CCC(O)CC3)C2=O)C1. The molecule has 2 aliphatic carbocycles. The topological polar surface area (TPSA) is 96.7 Å². The normalized spacial score (nSPS) is 29.9. The molecule has 35 heavy (non-hydrogen) atoms. The van der Waals surface area contributed by atoms with Crippen molar-refractivity contribution >= 4 is 23.2 Å². The number of anilines is 2. The number of hydrogen-bond acceptors (Lipinski definition) is 5. The maximum atomic E-state index is 13.6. The van der Waals surface area contributed by atoms with Gasteiger partial charge in [0.15, 0.2) is 0 Å². The molecule has 2 amide bonds. The van der Waals surface area contributed by atoms with Crippen LogP contribution in [0.15, 0.2) is 18.2 Å². The van der Waals surface area contributed by atoms with Gasteiger partial charge in [0.2, 0.25) is 11.8 Å². The van der Waals surface area contributed by atoms with E-state index in [2.05, 4.69) is 21.2 Å². The molecule has 2 N–H and O–H groups in total. The molecule has 4 aliphatic rings. The van der Waals surface area contributed by atoms with E-state index < -0.39 is 0 Å². The number of rotatable bonds is 4. The molecule has 188 valence electrons. The number of likely N-dealkylation sites (tertiary alicyclic amines) is 1. The van der Waals surface area contributed by atoms with Gasteiger partial charge in [0, 0.05) is 37.3 Å². The molecule has 4 fully saturated rings. The number of aliphatic hydroxyl groups is 1. The predicted molar refractivity (Wildman–Crippen MR) is 135 cm³/mol. The lowest BCUT2D eigenvalue weighted by molar-refractivity contribution is -0.139. The zero-order chi connectivity index (χ0) is 24.4. The van der Waals surface area contributed by atoms with E-state index in [1.807, 2.05) is 12.1 Å². The molecule has 1 aromatic rings. The highest BCUT2D eigenvalue weighted by molar-refractivity contribution is 5.93. The summed E-state index contributed by atoms with van der Waals surface area (Å²) in [4.78, 5) is 30.6. The van der Waals surface area contributed by atoms with Crippen LogP contribution in [0, 0.1) is 22.7 Å². The summed E-state index contributed by atoms with van der Waals surface area (Å²) in [5.41, 5.74) is 1.70. The van der Waals surface area contributed by atoms with Crippen LogP contribution in [0.5, 0.6) is 0 Å². The van der Waals surface area contributed by atoms with Crippen LogP contribution in [0.2, 0.25) is 0 Å². The molecule has 7 heteroatoms. The molecule has 7 nitrogen and oxygen atoms in total. The Morgan fingerprint density at radius 1 is 1.03 bits per heavy atom. The Kier molecular flexibility index (Phi) is 7.02. The van der Waals surface area contributed by atoms with Gasteiger partial charge in [-0.1, -0.05) is 19.3 Å². The number of hydrogen-bond donors (Lipinski definition) is 2. The van der Waals surface area contributed by atoms with Gasteiger partial charge in [0.1, 0.15) is 6.07 Å². The fourth-order valence-electron chi connectivity index (χ4n) is 6.87. The molecule has 1 aromatic carbocycles. The molecule has 2 saturated heterocycles. The van der Waals surface area contributed by atoms with Gasteiger partial charge in [-0.15, -0.1) is 0 Å². The highest BCUT2D eigenvalue weighted by Crippen LogP contribution is 2.44. The lowest BCUT2D eigenvalue weighted by Gasteiger charge is -2.41. The monoisotopic (exact) mass is 478 g/mol. The third-order valence-corrected chi connectivity index (χ3v) is 8.93. The molecule has 1 atom stereocenters. The van der Waals surface area contributed by atoms with Crippen molar-refractivity contribution in [3.05, 3.63) is 23.8 Å². The summed E-state index contributed by atoms with van der Waals surface area (Å²) in [5.74, 6) is 0.392. The number of carbonyl (C=O) groups excluding carboxylic acids is 2. The van der Waals surface area contributed by atoms with Gasteiger partial charge >= 0.3 is 0 Å². The number of nitrogens with one attached hydrogen (secondary N) is 1. The molecular formula is C28H38N4O3. The minimum absolute atomic E-state index is 0.0603. The average Bonchev–Trinajstić information content (AvgIpc) is 3.19. The van der Waals surface area contributed by atoms with E-state index in [-0.39, 0.29) is 35.3 Å². The van der Waals surface area contributed by atoms with Crippen molar-refractivity contribution in [1.82, 2.24) is 4.90 Å². The van der Waals surface area contributed by atoms with Crippen LogP contribution in [0.3, 0.4) is 0 Å². The Hall–Kier alpha value is -2.59. The van der Waals surface area contributed by atoms with Crippen LogP contribution in [-0.2, 0) is 9.59 Å². The maximum absolute atomic E-state index is 13.6. The van der Waals surface area contributed by atoms with Gasteiger partial charge in [0.05, 0.1) is 22.8 Å². The summed E-state index contributed by atoms with van der Waals surface area (Å²) in [6.45, 7) is 2.26. The molecule has 2 saturated carbocycles. The molecule has 0 radical (unpaired) electrons. The highest BCUT2D eigenvalue weighted by Gasteiger charge is 2.50. The minimum atomic E-state index is -0.380. The lowest BCUT2D eigenvalue weighted by Crippen LogP contribution is -2.50. The molecular weight excluding hydrogens is 440 g/mol. The van der Waals surface area contributed by atoms with Gasteiger partial charge in [-0.25, -0.2) is 0 Å². The molecule has 0 aromatic heterocycles. The molecule has 0 unspecified atom stereocenters. The van der Waals surface area contributed by atoms with E-state index in [1.165, 1.54) is 6.42 Å². The summed E-state index contributed by atoms with van der Waals surface area (Å²) >= 11 is 0. The molecule has 2 heterocycles. The third-order valence-electron chi connectivity index (χ3n) is 8.93. The number of nitriles is 1. The average molecular weight is 479 g/mol.